The zero-order valence-corrected chi connectivity index (χ0v) is 18.4. The first-order chi connectivity index (χ1) is 14.3. The third-order valence-corrected chi connectivity index (χ3v) is 5.77. The molecule has 1 fully saturated rings. The third kappa shape index (κ3) is 6.12. The number of carbonyl (C=O) groups excluding carboxylic acids is 1. The highest BCUT2D eigenvalue weighted by Crippen LogP contribution is 2.39. The number of nitrogens with one attached hydrogen (secondary N) is 1. The Hall–Kier alpha value is -2.26. The van der Waals surface area contributed by atoms with Gasteiger partial charge in [0.25, 0.3) is 0 Å². The summed E-state index contributed by atoms with van der Waals surface area (Å²) in [4.78, 5) is 23.6. The highest BCUT2D eigenvalue weighted by atomic mass is 35.5. The average molecular weight is 453 g/mol. The Morgan fingerprint density at radius 2 is 2.07 bits per heavy atom. The molecule has 1 aromatic carbocycles. The van der Waals surface area contributed by atoms with Crippen molar-refractivity contribution in [2.45, 2.75) is 57.0 Å². The molecular formula is C20H25ClN4O4S. The van der Waals surface area contributed by atoms with Gasteiger partial charge in [0.15, 0.2) is 11.0 Å². The van der Waals surface area contributed by atoms with Crippen molar-refractivity contribution in [2.24, 2.45) is 5.92 Å². The summed E-state index contributed by atoms with van der Waals surface area (Å²) in [5, 5.41) is 21.5. The molecule has 1 heterocycles. The summed E-state index contributed by atoms with van der Waals surface area (Å²) < 4.78 is 7.78. The van der Waals surface area contributed by atoms with E-state index < -0.39 is 12.0 Å². The number of carboxylic acid groups (broad SMARTS) is 1. The predicted octanol–water partition coefficient (Wildman–Crippen LogP) is 3.55. The number of para-hydroxylation sites is 1. The van der Waals surface area contributed by atoms with E-state index in [1.54, 1.807) is 12.1 Å². The van der Waals surface area contributed by atoms with Gasteiger partial charge in [-0.3, -0.25) is 9.36 Å². The van der Waals surface area contributed by atoms with Crippen LogP contribution in [0.1, 0.15) is 45.0 Å². The van der Waals surface area contributed by atoms with E-state index in [0.717, 1.165) is 12.8 Å². The summed E-state index contributed by atoms with van der Waals surface area (Å²) in [6, 6.07) is 6.62. The summed E-state index contributed by atoms with van der Waals surface area (Å²) in [6.07, 6.45) is 2.42. The van der Waals surface area contributed by atoms with E-state index in [1.807, 2.05) is 30.5 Å². The first kappa shape index (κ1) is 22.4. The molecule has 1 saturated carbocycles. The quantitative estimate of drug-likeness (QED) is 0.502. The molecular weight excluding hydrogens is 428 g/mol. The molecule has 3 rings (SSSR count). The van der Waals surface area contributed by atoms with Gasteiger partial charge in [-0.1, -0.05) is 49.3 Å². The smallest absolute Gasteiger partial charge is 0.326 e. The molecule has 1 atom stereocenters. The number of carboxylic acids is 1. The van der Waals surface area contributed by atoms with Crippen molar-refractivity contribution in [1.29, 1.82) is 0 Å². The maximum absolute atomic E-state index is 12.3. The topological polar surface area (TPSA) is 106 Å². The number of carbonyl (C=O) groups is 2. The maximum atomic E-state index is 12.3. The molecule has 8 nitrogen and oxygen atoms in total. The van der Waals surface area contributed by atoms with Gasteiger partial charge >= 0.3 is 5.97 Å². The number of benzene rings is 1. The van der Waals surface area contributed by atoms with E-state index in [9.17, 15) is 14.7 Å². The van der Waals surface area contributed by atoms with Crippen LogP contribution < -0.4 is 10.1 Å². The average Bonchev–Trinajstić information content (AvgIpc) is 3.45. The summed E-state index contributed by atoms with van der Waals surface area (Å²) >= 11 is 7.38. The van der Waals surface area contributed by atoms with Crippen molar-refractivity contribution in [3.8, 4) is 5.75 Å². The molecule has 1 aromatic heterocycles. The molecule has 0 aliphatic heterocycles. The molecule has 1 aliphatic carbocycles. The van der Waals surface area contributed by atoms with Crippen LogP contribution in [-0.4, -0.2) is 43.5 Å². The van der Waals surface area contributed by atoms with Crippen LogP contribution >= 0.6 is 23.4 Å². The number of aromatic nitrogens is 3. The van der Waals surface area contributed by atoms with Crippen molar-refractivity contribution < 1.29 is 19.4 Å². The van der Waals surface area contributed by atoms with Crippen LogP contribution in [0.15, 0.2) is 29.4 Å². The SMILES string of the molecule is CC(C)CC(NC(=O)CSc1nnc(COc2ccccc2Cl)n1C1CC1)C(=O)O. The van der Waals surface area contributed by atoms with Gasteiger partial charge in [0.2, 0.25) is 5.91 Å². The molecule has 30 heavy (non-hydrogen) atoms. The molecule has 0 bridgehead atoms. The second kappa shape index (κ2) is 10.2. The second-order valence-electron chi connectivity index (χ2n) is 7.60. The fourth-order valence-corrected chi connectivity index (χ4v) is 3.99. The Balaban J connectivity index is 1.60. The molecule has 10 heteroatoms. The van der Waals surface area contributed by atoms with Gasteiger partial charge in [-0.05, 0) is 37.3 Å². The number of thioether (sulfide) groups is 1. The Bertz CT molecular complexity index is 901. The van der Waals surface area contributed by atoms with Crippen LogP contribution in [0.2, 0.25) is 5.02 Å². The third-order valence-electron chi connectivity index (χ3n) is 4.51. The highest BCUT2D eigenvalue weighted by Gasteiger charge is 2.30. The van der Waals surface area contributed by atoms with Gasteiger partial charge in [-0.2, -0.15) is 0 Å². The zero-order chi connectivity index (χ0) is 21.7. The first-order valence-corrected chi connectivity index (χ1v) is 11.2. The van der Waals surface area contributed by atoms with Gasteiger partial charge in [0.1, 0.15) is 18.4 Å². The minimum absolute atomic E-state index is 0.0676. The Morgan fingerprint density at radius 1 is 1.33 bits per heavy atom. The molecule has 0 radical (unpaired) electrons. The van der Waals surface area contributed by atoms with Gasteiger partial charge in [-0.25, -0.2) is 4.79 Å². The van der Waals surface area contributed by atoms with Gasteiger partial charge in [0, 0.05) is 6.04 Å². The van der Waals surface area contributed by atoms with Gasteiger partial charge in [-0.15, -0.1) is 10.2 Å². The number of halogens is 1. The van der Waals surface area contributed by atoms with Crippen LogP contribution in [0.4, 0.5) is 0 Å². The number of ether oxygens (including phenoxy) is 1. The number of hydrogen-bond donors (Lipinski definition) is 2. The van der Waals surface area contributed by atoms with Crippen LogP contribution in [0.3, 0.4) is 0 Å². The number of rotatable bonds is 11. The van der Waals surface area contributed by atoms with E-state index in [0.29, 0.717) is 34.2 Å². The Morgan fingerprint density at radius 3 is 2.70 bits per heavy atom. The standard InChI is InChI=1S/C20H25ClN4O4S/c1-12(2)9-15(19(27)28)22-18(26)11-30-20-24-23-17(25(20)13-7-8-13)10-29-16-6-4-3-5-14(16)21/h3-6,12-13,15H,7-11H2,1-2H3,(H,22,26)(H,27,28). The second-order valence-corrected chi connectivity index (χ2v) is 8.95. The minimum Gasteiger partial charge on any atom is -0.484 e. The Labute approximate surface area is 184 Å². The number of aliphatic carboxylic acids is 1. The molecule has 1 unspecified atom stereocenters. The van der Waals surface area contributed by atoms with Crippen molar-refractivity contribution in [1.82, 2.24) is 20.1 Å². The molecule has 162 valence electrons. The summed E-state index contributed by atoms with van der Waals surface area (Å²) in [5.74, 6) is 0.108. The maximum Gasteiger partial charge on any atom is 0.326 e. The lowest BCUT2D eigenvalue weighted by Crippen LogP contribution is -2.42. The van der Waals surface area contributed by atoms with Crippen molar-refractivity contribution in [2.75, 3.05) is 5.75 Å². The minimum atomic E-state index is -1.03. The summed E-state index contributed by atoms with van der Waals surface area (Å²) in [6.45, 7) is 4.05. The molecule has 1 aliphatic rings. The summed E-state index contributed by atoms with van der Waals surface area (Å²) in [5.41, 5.74) is 0. The van der Waals surface area contributed by atoms with Crippen LogP contribution in [0.5, 0.6) is 5.75 Å². The van der Waals surface area contributed by atoms with Gasteiger partial charge in [0.05, 0.1) is 10.8 Å². The van der Waals surface area contributed by atoms with E-state index in [4.69, 9.17) is 16.3 Å². The van der Waals surface area contributed by atoms with Crippen LogP contribution in [0, 0.1) is 5.92 Å². The molecule has 0 saturated heterocycles. The van der Waals surface area contributed by atoms with Crippen molar-refractivity contribution >= 4 is 35.2 Å². The number of amides is 1. The Kier molecular flexibility index (Phi) is 7.60. The molecule has 2 N–H and O–H groups in total. The van der Waals surface area contributed by atoms with Crippen molar-refractivity contribution in [3.63, 3.8) is 0 Å². The number of hydrogen-bond acceptors (Lipinski definition) is 6. The molecule has 1 amide bonds. The first-order valence-electron chi connectivity index (χ1n) is 9.81. The van der Waals surface area contributed by atoms with E-state index in [-0.39, 0.29) is 24.2 Å². The van der Waals surface area contributed by atoms with E-state index in [1.165, 1.54) is 11.8 Å². The zero-order valence-electron chi connectivity index (χ0n) is 16.9. The summed E-state index contributed by atoms with van der Waals surface area (Å²) in [7, 11) is 0. The van der Waals surface area contributed by atoms with E-state index >= 15 is 0 Å². The van der Waals surface area contributed by atoms with Crippen molar-refractivity contribution in [3.05, 3.63) is 35.1 Å². The largest absolute Gasteiger partial charge is 0.484 e. The van der Waals surface area contributed by atoms with E-state index in [2.05, 4.69) is 15.5 Å². The lowest BCUT2D eigenvalue weighted by Gasteiger charge is -2.16. The predicted molar refractivity (Wildman–Crippen MR) is 114 cm³/mol. The lowest BCUT2D eigenvalue weighted by atomic mass is 10.0. The molecule has 2 aromatic rings. The monoisotopic (exact) mass is 452 g/mol. The normalized spacial score (nSPS) is 14.5. The lowest BCUT2D eigenvalue weighted by molar-refractivity contribution is -0.141. The highest BCUT2D eigenvalue weighted by molar-refractivity contribution is 7.99. The van der Waals surface area contributed by atoms with Crippen LogP contribution in [-0.2, 0) is 16.2 Å². The fraction of sp³-hybridized carbons (Fsp3) is 0.500. The fourth-order valence-electron chi connectivity index (χ4n) is 2.97. The van der Waals surface area contributed by atoms with Crippen LogP contribution in [0.25, 0.3) is 0 Å². The van der Waals surface area contributed by atoms with Gasteiger partial charge < -0.3 is 15.2 Å². The molecule has 0 spiro atoms. The number of nitrogens with zero attached hydrogens (tertiary/aromatic N) is 3.